The number of benzene rings is 2. The van der Waals surface area contributed by atoms with Crippen LogP contribution >= 0.6 is 0 Å². The third kappa shape index (κ3) is 4.01. The second-order valence-corrected chi connectivity index (χ2v) is 7.11. The number of hydrogen-bond acceptors (Lipinski definition) is 2. The fraction of sp³-hybridized carbons (Fsp3) is 0.381. The van der Waals surface area contributed by atoms with Crippen LogP contribution in [0.15, 0.2) is 42.5 Å². The number of fused-ring (bicyclic) bond motifs is 1. The molecule has 0 radical (unpaired) electrons. The maximum Gasteiger partial charge on any atom is 0.243 e. The van der Waals surface area contributed by atoms with E-state index in [-0.39, 0.29) is 24.3 Å². The first-order chi connectivity index (χ1) is 11.9. The van der Waals surface area contributed by atoms with Crippen LogP contribution in [0.25, 0.3) is 0 Å². The largest absolute Gasteiger partial charge is 0.359 e. The predicted molar refractivity (Wildman–Crippen MR) is 101 cm³/mol. The highest BCUT2D eigenvalue weighted by Crippen LogP contribution is 2.31. The lowest BCUT2D eigenvalue weighted by Crippen LogP contribution is -2.42. The van der Waals surface area contributed by atoms with Gasteiger partial charge in [-0.1, -0.05) is 26.0 Å². The first-order valence-electron chi connectivity index (χ1n) is 8.89. The van der Waals surface area contributed by atoms with Crippen LogP contribution in [0.1, 0.15) is 44.2 Å². The van der Waals surface area contributed by atoms with Crippen molar-refractivity contribution >= 4 is 17.3 Å². The summed E-state index contributed by atoms with van der Waals surface area (Å²) in [6.45, 7) is 6.67. The Morgan fingerprint density at radius 3 is 2.64 bits per heavy atom. The Labute approximate surface area is 148 Å². The molecule has 2 aromatic carbocycles. The van der Waals surface area contributed by atoms with E-state index in [1.807, 2.05) is 24.3 Å². The average molecular weight is 340 g/mol. The molecule has 0 aliphatic carbocycles. The lowest BCUT2D eigenvalue weighted by Gasteiger charge is -2.36. The highest BCUT2D eigenvalue weighted by Gasteiger charge is 2.25. The number of carbonyl (C=O) groups excluding carboxylic acids is 1. The molecule has 1 aliphatic rings. The van der Waals surface area contributed by atoms with Gasteiger partial charge >= 0.3 is 0 Å². The van der Waals surface area contributed by atoms with Crippen molar-refractivity contribution in [1.29, 1.82) is 0 Å². The maximum absolute atomic E-state index is 13.5. The van der Waals surface area contributed by atoms with E-state index in [0.29, 0.717) is 5.92 Å². The van der Waals surface area contributed by atoms with Crippen molar-refractivity contribution in [1.82, 2.24) is 0 Å². The molecule has 1 aliphatic heterocycles. The van der Waals surface area contributed by atoms with E-state index in [0.717, 1.165) is 29.8 Å². The van der Waals surface area contributed by atoms with E-state index in [1.165, 1.54) is 11.6 Å². The van der Waals surface area contributed by atoms with Crippen molar-refractivity contribution in [2.75, 3.05) is 16.8 Å². The molecule has 0 saturated heterocycles. The van der Waals surface area contributed by atoms with Crippen LogP contribution in [0, 0.1) is 5.82 Å². The van der Waals surface area contributed by atoms with E-state index in [1.54, 1.807) is 12.1 Å². The molecule has 0 fully saturated rings. The smallest absolute Gasteiger partial charge is 0.243 e. The summed E-state index contributed by atoms with van der Waals surface area (Å²) in [7, 11) is 0. The lowest BCUT2D eigenvalue weighted by molar-refractivity contribution is -0.115. The summed E-state index contributed by atoms with van der Waals surface area (Å²) in [6.07, 6.45) is 1.77. The molecule has 25 heavy (non-hydrogen) atoms. The van der Waals surface area contributed by atoms with Crippen LogP contribution in [0.3, 0.4) is 0 Å². The fourth-order valence-corrected chi connectivity index (χ4v) is 3.34. The molecule has 2 aromatic rings. The Bertz CT molecular complexity index is 755. The van der Waals surface area contributed by atoms with Gasteiger partial charge in [-0.25, -0.2) is 4.39 Å². The first-order valence-corrected chi connectivity index (χ1v) is 8.89. The highest BCUT2D eigenvalue weighted by molar-refractivity contribution is 5.94. The van der Waals surface area contributed by atoms with Crippen LogP contribution in [0.5, 0.6) is 0 Å². The molecule has 1 unspecified atom stereocenters. The number of hydrogen-bond donors (Lipinski definition) is 1. The van der Waals surface area contributed by atoms with Crippen molar-refractivity contribution in [3.63, 3.8) is 0 Å². The van der Waals surface area contributed by atoms with Gasteiger partial charge in [0.25, 0.3) is 0 Å². The van der Waals surface area contributed by atoms with Gasteiger partial charge in [0.05, 0.1) is 6.54 Å². The van der Waals surface area contributed by atoms with Gasteiger partial charge in [-0.15, -0.1) is 0 Å². The number of rotatable bonds is 4. The zero-order valence-electron chi connectivity index (χ0n) is 15.1. The van der Waals surface area contributed by atoms with E-state index >= 15 is 0 Å². The maximum atomic E-state index is 13.5. The zero-order valence-corrected chi connectivity index (χ0v) is 15.1. The van der Waals surface area contributed by atoms with Gasteiger partial charge < -0.3 is 10.2 Å². The Morgan fingerprint density at radius 1 is 1.24 bits per heavy atom. The molecule has 1 N–H and O–H groups in total. The molecular weight excluding hydrogens is 315 g/mol. The number of nitrogens with zero attached hydrogens (tertiary/aromatic N) is 1. The minimum absolute atomic E-state index is 0.0543. The predicted octanol–water partition coefficient (Wildman–Crippen LogP) is 4.73. The van der Waals surface area contributed by atoms with Gasteiger partial charge in [-0.2, -0.15) is 0 Å². The van der Waals surface area contributed by atoms with Gasteiger partial charge in [-0.05, 0) is 67.1 Å². The third-order valence-corrected chi connectivity index (χ3v) is 4.89. The standard InChI is InChI=1S/C21H25FN2O/c1-14(2)16-6-9-19(10-7-16)23-21(25)13-24-15(3)4-5-17-12-18(22)8-11-20(17)24/h6-12,14-15H,4-5,13H2,1-3H3,(H,23,25). The van der Waals surface area contributed by atoms with Gasteiger partial charge in [0.1, 0.15) is 5.82 Å². The minimum Gasteiger partial charge on any atom is -0.359 e. The summed E-state index contributed by atoms with van der Waals surface area (Å²) in [5.74, 6) is 0.195. The Balaban J connectivity index is 1.70. The lowest BCUT2D eigenvalue weighted by atomic mass is 9.96. The summed E-state index contributed by atoms with van der Waals surface area (Å²) >= 11 is 0. The highest BCUT2D eigenvalue weighted by atomic mass is 19.1. The number of carbonyl (C=O) groups is 1. The van der Waals surface area contributed by atoms with Crippen molar-refractivity contribution < 1.29 is 9.18 Å². The zero-order chi connectivity index (χ0) is 18.0. The number of anilines is 2. The summed E-state index contributed by atoms with van der Waals surface area (Å²) in [4.78, 5) is 14.6. The van der Waals surface area contributed by atoms with Crippen molar-refractivity contribution in [3.8, 4) is 0 Å². The number of aryl methyl sites for hydroxylation is 1. The molecule has 1 amide bonds. The molecule has 1 heterocycles. The average Bonchev–Trinajstić information content (AvgIpc) is 2.58. The normalized spacial score (nSPS) is 16.7. The molecule has 1 atom stereocenters. The second-order valence-electron chi connectivity index (χ2n) is 7.11. The van der Waals surface area contributed by atoms with E-state index < -0.39 is 0 Å². The van der Waals surface area contributed by atoms with Gasteiger partial charge in [0.2, 0.25) is 5.91 Å². The Hall–Kier alpha value is -2.36. The molecule has 0 saturated carbocycles. The van der Waals surface area contributed by atoms with Crippen LogP contribution in [-0.2, 0) is 11.2 Å². The van der Waals surface area contributed by atoms with Gasteiger partial charge in [-0.3, -0.25) is 4.79 Å². The van der Waals surface area contributed by atoms with Crippen LogP contribution in [-0.4, -0.2) is 18.5 Å². The van der Waals surface area contributed by atoms with E-state index in [2.05, 4.69) is 31.0 Å². The first kappa shape index (κ1) is 17.5. The molecule has 132 valence electrons. The van der Waals surface area contributed by atoms with Crippen LogP contribution < -0.4 is 10.2 Å². The summed E-state index contributed by atoms with van der Waals surface area (Å²) in [5.41, 5.74) is 4.00. The second kappa shape index (κ2) is 7.26. The monoisotopic (exact) mass is 340 g/mol. The van der Waals surface area contributed by atoms with Crippen molar-refractivity contribution in [2.45, 2.75) is 45.6 Å². The molecule has 0 bridgehead atoms. The molecule has 3 nitrogen and oxygen atoms in total. The van der Waals surface area contributed by atoms with Gasteiger partial charge in [0, 0.05) is 17.4 Å². The van der Waals surface area contributed by atoms with E-state index in [9.17, 15) is 9.18 Å². The number of halogens is 1. The number of amides is 1. The van der Waals surface area contributed by atoms with Crippen molar-refractivity contribution in [3.05, 3.63) is 59.4 Å². The molecular formula is C21H25FN2O. The fourth-order valence-electron chi connectivity index (χ4n) is 3.34. The Morgan fingerprint density at radius 2 is 1.96 bits per heavy atom. The summed E-state index contributed by atoms with van der Waals surface area (Å²) < 4.78 is 13.5. The van der Waals surface area contributed by atoms with Crippen LogP contribution in [0.4, 0.5) is 15.8 Å². The molecule has 0 aromatic heterocycles. The minimum atomic E-state index is -0.219. The molecule has 3 rings (SSSR count). The quantitative estimate of drug-likeness (QED) is 0.873. The van der Waals surface area contributed by atoms with Crippen molar-refractivity contribution in [2.24, 2.45) is 0 Å². The third-order valence-electron chi connectivity index (χ3n) is 4.89. The van der Waals surface area contributed by atoms with E-state index in [4.69, 9.17) is 0 Å². The molecule has 0 spiro atoms. The summed E-state index contributed by atoms with van der Waals surface area (Å²) in [6, 6.07) is 13.1. The molecule has 4 heteroatoms. The topological polar surface area (TPSA) is 32.3 Å². The SMILES string of the molecule is CC(C)c1ccc(NC(=O)CN2c3ccc(F)cc3CCC2C)cc1. The number of nitrogens with one attached hydrogen (secondary N) is 1. The van der Waals surface area contributed by atoms with Gasteiger partial charge in [0.15, 0.2) is 0 Å². The summed E-state index contributed by atoms with van der Waals surface area (Å²) in [5, 5.41) is 2.96. The van der Waals surface area contributed by atoms with Crippen LogP contribution in [0.2, 0.25) is 0 Å². The Kier molecular flexibility index (Phi) is 5.07.